The van der Waals surface area contributed by atoms with Crippen LogP contribution in [-0.4, -0.2) is 15.0 Å². The van der Waals surface area contributed by atoms with Crippen LogP contribution in [0.3, 0.4) is 0 Å². The van der Waals surface area contributed by atoms with Gasteiger partial charge in [0.1, 0.15) is 0 Å². The van der Waals surface area contributed by atoms with Crippen molar-refractivity contribution in [1.29, 1.82) is 0 Å². The first kappa shape index (κ1) is 44.2. The summed E-state index contributed by atoms with van der Waals surface area (Å²) in [4.78, 5) is 17.5. The quantitative estimate of drug-likeness (QED) is 0.115. The van der Waals surface area contributed by atoms with Crippen LogP contribution in [0.25, 0.3) is 32.7 Å². The monoisotopic (exact) mass is 967 g/mol. The fourth-order valence-electron chi connectivity index (χ4n) is 9.37. The van der Waals surface area contributed by atoms with E-state index in [9.17, 15) is 0 Å². The Kier molecular flexibility index (Phi) is 12.7. The minimum atomic E-state index is -1.40. The van der Waals surface area contributed by atoms with Gasteiger partial charge >= 0.3 is 0 Å². The molecule has 0 radical (unpaired) electrons. The van der Waals surface area contributed by atoms with Crippen LogP contribution in [-0.2, 0) is 0 Å². The zero-order valence-corrected chi connectivity index (χ0v) is 41.7. The fourth-order valence-corrected chi connectivity index (χ4v) is 18.6. The SMILES string of the molecule is c1ccc(P(c2ccccc2)c2cccc3ccc(P(c4ccc5cccc(P(c6ccccc6)c6ccccc6)c5n4)c4ccc5cccc(P(c6ccccc6)c6ccccc6)c5n4)nc23)cc1. The topological polar surface area (TPSA) is 38.7 Å². The van der Waals surface area contributed by atoms with E-state index in [-0.39, 0.29) is 0 Å². The van der Waals surface area contributed by atoms with Crippen LogP contribution in [0.5, 0.6) is 0 Å². The van der Waals surface area contributed by atoms with Crippen LogP contribution in [0.4, 0.5) is 0 Å². The molecule has 0 saturated carbocycles. The number of hydrogen-bond acceptors (Lipinski definition) is 3. The van der Waals surface area contributed by atoms with E-state index in [4.69, 9.17) is 15.0 Å². The second-order valence-corrected chi connectivity index (χ2v) is 25.5. The van der Waals surface area contributed by atoms with E-state index >= 15 is 0 Å². The molecule has 3 heterocycles. The molecule has 7 heteroatoms. The molecule has 70 heavy (non-hydrogen) atoms. The van der Waals surface area contributed by atoms with Gasteiger partial charge in [-0.15, -0.1) is 0 Å². The van der Waals surface area contributed by atoms with Crippen molar-refractivity contribution in [2.45, 2.75) is 0 Å². The van der Waals surface area contributed by atoms with Gasteiger partial charge < -0.3 is 0 Å². The van der Waals surface area contributed by atoms with Crippen molar-refractivity contribution in [2.75, 3.05) is 0 Å². The van der Waals surface area contributed by atoms with E-state index in [1.54, 1.807) is 0 Å². The third-order valence-corrected chi connectivity index (χ3v) is 22.1. The van der Waals surface area contributed by atoms with Crippen molar-refractivity contribution in [3.8, 4) is 0 Å². The van der Waals surface area contributed by atoms with Gasteiger partial charge in [0, 0.05) is 40.0 Å². The number of para-hydroxylation sites is 3. The molecule has 0 aliphatic carbocycles. The molecule has 3 aromatic heterocycles. The number of nitrogens with zero attached hydrogens (tertiary/aromatic N) is 3. The molecule has 0 aliphatic rings. The predicted octanol–water partition coefficient (Wildman–Crippen LogP) is 10.4. The van der Waals surface area contributed by atoms with Crippen molar-refractivity contribution >= 4 is 128 Å². The minimum Gasteiger partial charge on any atom is -0.247 e. The summed E-state index contributed by atoms with van der Waals surface area (Å²) in [6, 6.07) is 99.2. The molecule has 0 bridgehead atoms. The second-order valence-electron chi connectivity index (χ2n) is 16.9. The summed E-state index contributed by atoms with van der Waals surface area (Å²) in [6.45, 7) is 0. The van der Waals surface area contributed by atoms with Crippen molar-refractivity contribution in [2.24, 2.45) is 0 Å². The van der Waals surface area contributed by atoms with E-state index in [2.05, 4.69) is 273 Å². The highest BCUT2D eigenvalue weighted by Crippen LogP contribution is 2.40. The number of hydrogen-bond donors (Lipinski definition) is 0. The Balaban J connectivity index is 1.10. The van der Waals surface area contributed by atoms with Crippen molar-refractivity contribution in [1.82, 2.24) is 15.0 Å². The van der Waals surface area contributed by atoms with Crippen molar-refractivity contribution in [3.63, 3.8) is 0 Å². The van der Waals surface area contributed by atoms with E-state index in [0.717, 1.165) is 49.0 Å². The summed E-state index contributed by atoms with van der Waals surface area (Å²) < 4.78 is 0. The maximum absolute atomic E-state index is 5.84. The average molecular weight is 968 g/mol. The maximum Gasteiger partial charge on any atom is 0.0793 e. The van der Waals surface area contributed by atoms with Gasteiger partial charge in [-0.3, -0.25) is 0 Å². The summed E-state index contributed by atoms with van der Waals surface area (Å²) in [7, 11) is -4.18. The van der Waals surface area contributed by atoms with Crippen LogP contribution in [0, 0.1) is 0 Å². The predicted molar refractivity (Wildman–Crippen MR) is 307 cm³/mol. The standard InChI is InChI=1S/C63H45N3P4/c1-7-25-49(26-8-1)67(50-27-9-2-10-28-50)55-37-19-22-46-40-43-58(64-61(46)55)70(59-44-41-47-23-20-38-56(62(47)65-59)68(51-29-11-3-12-30-51)52-31-13-4-14-32-52)60-45-42-48-24-21-39-57(63(48)66-60)69(53-33-15-5-16-34-53)54-35-17-6-18-36-54/h1-45H. The second kappa shape index (κ2) is 20.1. The Morgan fingerprint density at radius 2 is 0.414 bits per heavy atom. The Morgan fingerprint density at radius 1 is 0.186 bits per heavy atom. The smallest absolute Gasteiger partial charge is 0.0793 e. The van der Waals surface area contributed by atoms with Gasteiger partial charge in [-0.2, -0.15) is 0 Å². The summed E-state index contributed by atoms with van der Waals surface area (Å²) in [6.07, 6.45) is 0. The third kappa shape index (κ3) is 8.77. The first-order valence-corrected chi connectivity index (χ1v) is 28.8. The van der Waals surface area contributed by atoms with Crippen LogP contribution < -0.4 is 64.0 Å². The van der Waals surface area contributed by atoms with E-state index in [1.807, 2.05) is 0 Å². The zero-order valence-electron chi connectivity index (χ0n) is 38.1. The Hall–Kier alpha value is -7.07. The number of benzene rings is 9. The summed E-state index contributed by atoms with van der Waals surface area (Å²) in [5.74, 6) is 0. The van der Waals surface area contributed by atoms with Gasteiger partial charge in [0.15, 0.2) is 0 Å². The zero-order chi connectivity index (χ0) is 46.6. The lowest BCUT2D eigenvalue weighted by Crippen LogP contribution is -2.30. The Bertz CT molecular complexity index is 3220. The number of pyridine rings is 3. The van der Waals surface area contributed by atoms with Gasteiger partial charge in [-0.1, -0.05) is 255 Å². The highest BCUT2D eigenvalue weighted by atomic mass is 31.1. The molecule has 0 unspecified atom stereocenters. The Labute approximate surface area is 414 Å². The molecule has 12 aromatic rings. The maximum atomic E-state index is 5.84. The lowest BCUT2D eigenvalue weighted by Gasteiger charge is -2.24. The molecule has 0 atom stereocenters. The van der Waals surface area contributed by atoms with E-state index in [0.29, 0.717) is 0 Å². The van der Waals surface area contributed by atoms with Crippen molar-refractivity contribution in [3.05, 3.63) is 273 Å². The summed E-state index contributed by atoms with van der Waals surface area (Å²) in [5.41, 5.74) is 5.97. The van der Waals surface area contributed by atoms with Crippen LogP contribution in [0.2, 0.25) is 0 Å². The van der Waals surface area contributed by atoms with Crippen LogP contribution in [0.1, 0.15) is 0 Å². The molecule has 3 nitrogen and oxygen atoms in total. The van der Waals surface area contributed by atoms with Gasteiger partial charge in [-0.25, -0.2) is 15.0 Å². The lowest BCUT2D eigenvalue weighted by atomic mass is 10.2. The first-order chi connectivity index (χ1) is 34.7. The molecule has 332 valence electrons. The lowest BCUT2D eigenvalue weighted by molar-refractivity contribution is 1.45. The molecule has 0 amide bonds. The van der Waals surface area contributed by atoms with E-state index in [1.165, 1.54) is 47.7 Å². The molecule has 0 fully saturated rings. The molecule has 0 aliphatic heterocycles. The summed E-state index contributed by atoms with van der Waals surface area (Å²) >= 11 is 0. The van der Waals surface area contributed by atoms with Crippen LogP contribution >= 0.6 is 31.7 Å². The third-order valence-electron chi connectivity index (χ3n) is 12.5. The molecular weight excluding hydrogens is 923 g/mol. The normalized spacial score (nSPS) is 11.7. The molecule has 9 aromatic carbocycles. The van der Waals surface area contributed by atoms with Crippen LogP contribution in [0.15, 0.2) is 273 Å². The number of rotatable bonds is 12. The molecular formula is C63H45N3P4. The molecule has 0 spiro atoms. The number of fused-ring (bicyclic) bond motifs is 3. The Morgan fingerprint density at radius 3 is 0.643 bits per heavy atom. The van der Waals surface area contributed by atoms with Gasteiger partial charge in [0.2, 0.25) is 0 Å². The van der Waals surface area contributed by atoms with Gasteiger partial charge in [0.05, 0.1) is 32.9 Å². The molecule has 0 N–H and O–H groups in total. The highest BCUT2D eigenvalue weighted by molar-refractivity contribution is 7.81. The molecule has 12 rings (SSSR count). The fraction of sp³-hybridized carbons (Fsp3) is 0. The van der Waals surface area contributed by atoms with Gasteiger partial charge in [-0.05, 0) is 73.8 Å². The van der Waals surface area contributed by atoms with Gasteiger partial charge in [0.25, 0.3) is 0 Å². The van der Waals surface area contributed by atoms with Crippen molar-refractivity contribution < 1.29 is 0 Å². The average Bonchev–Trinajstić information content (AvgIpc) is 3.43. The molecule has 0 saturated heterocycles. The largest absolute Gasteiger partial charge is 0.247 e. The van der Waals surface area contributed by atoms with E-state index < -0.39 is 31.7 Å². The number of aromatic nitrogens is 3. The highest BCUT2D eigenvalue weighted by Gasteiger charge is 2.28. The first-order valence-electron chi connectivity index (χ1n) is 23.5. The summed E-state index contributed by atoms with van der Waals surface area (Å²) in [5, 5.41) is 14.8. The minimum absolute atomic E-state index is 0.927.